The Hall–Kier alpha value is -0.870. The Balaban J connectivity index is 2.21. The van der Waals surface area contributed by atoms with Gasteiger partial charge in [-0.2, -0.15) is 0 Å². The zero-order chi connectivity index (χ0) is 13.3. The second-order valence-electron chi connectivity index (χ2n) is 4.57. The van der Waals surface area contributed by atoms with Gasteiger partial charge in [-0.1, -0.05) is 30.1 Å². The van der Waals surface area contributed by atoms with Gasteiger partial charge in [0.2, 0.25) is 0 Å². The summed E-state index contributed by atoms with van der Waals surface area (Å²) in [4.78, 5) is 17.5. The average Bonchev–Trinajstić information content (AvgIpc) is 2.34. The quantitative estimate of drug-likeness (QED) is 0.743. The molecule has 0 unspecified atom stereocenters. The summed E-state index contributed by atoms with van der Waals surface area (Å²) < 4.78 is 13.3. The van der Waals surface area contributed by atoms with Crippen molar-refractivity contribution < 1.29 is 9.18 Å². The van der Waals surface area contributed by atoms with Gasteiger partial charge in [0.25, 0.3) is 5.91 Å². The number of piperidine rings is 1. The average molecular weight is 291 g/mol. The molecule has 0 saturated carbocycles. The van der Waals surface area contributed by atoms with Crippen LogP contribution in [-0.4, -0.2) is 28.9 Å². The van der Waals surface area contributed by atoms with Gasteiger partial charge in [-0.05, 0) is 24.8 Å². The van der Waals surface area contributed by atoms with E-state index in [1.165, 1.54) is 0 Å². The maximum absolute atomic E-state index is 13.3. The van der Waals surface area contributed by atoms with E-state index in [0.717, 1.165) is 18.9 Å². The van der Waals surface area contributed by atoms with E-state index >= 15 is 0 Å². The maximum Gasteiger partial charge on any atom is 0.257 e. The third-order valence-electron chi connectivity index (χ3n) is 3.19. The molecule has 1 saturated heterocycles. The van der Waals surface area contributed by atoms with Gasteiger partial charge >= 0.3 is 0 Å². The molecule has 1 fully saturated rings. The number of rotatable bonds is 1. The Kier molecular flexibility index (Phi) is 4.07. The Morgan fingerprint density at radius 1 is 1.39 bits per heavy atom. The van der Waals surface area contributed by atoms with Gasteiger partial charge in [-0.3, -0.25) is 4.79 Å². The standard InChI is InChI=1S/C12H13Cl2FN2O/c1-7-2-4-17(5-3-7)12(18)8-6-9(15)11(14)16-10(8)13/h6-7H,2-5H2,1H3. The number of carbonyl (C=O) groups is 1. The van der Waals surface area contributed by atoms with Crippen molar-refractivity contribution in [2.24, 2.45) is 5.92 Å². The second-order valence-corrected chi connectivity index (χ2v) is 5.29. The minimum Gasteiger partial charge on any atom is -0.339 e. The fourth-order valence-corrected chi connectivity index (χ4v) is 2.38. The predicted molar refractivity (Wildman–Crippen MR) is 68.5 cm³/mol. The van der Waals surface area contributed by atoms with Crippen molar-refractivity contribution in [2.45, 2.75) is 19.8 Å². The predicted octanol–water partition coefficient (Wildman–Crippen LogP) is 3.40. The third-order valence-corrected chi connectivity index (χ3v) is 3.74. The van der Waals surface area contributed by atoms with Gasteiger partial charge < -0.3 is 4.90 Å². The van der Waals surface area contributed by atoms with E-state index in [1.54, 1.807) is 4.90 Å². The maximum atomic E-state index is 13.3. The van der Waals surface area contributed by atoms with Crippen molar-refractivity contribution in [3.05, 3.63) is 27.8 Å². The van der Waals surface area contributed by atoms with E-state index in [9.17, 15) is 9.18 Å². The van der Waals surface area contributed by atoms with Crippen LogP contribution >= 0.6 is 23.2 Å². The van der Waals surface area contributed by atoms with Crippen molar-refractivity contribution >= 4 is 29.1 Å². The van der Waals surface area contributed by atoms with Crippen LogP contribution in [0.1, 0.15) is 30.1 Å². The lowest BCUT2D eigenvalue weighted by Gasteiger charge is -2.30. The Labute approximate surface area is 115 Å². The van der Waals surface area contributed by atoms with Crippen molar-refractivity contribution in [3.8, 4) is 0 Å². The molecule has 3 nitrogen and oxygen atoms in total. The minimum atomic E-state index is -0.727. The molecule has 0 bridgehead atoms. The van der Waals surface area contributed by atoms with Gasteiger partial charge in [0.15, 0.2) is 11.0 Å². The number of hydrogen-bond acceptors (Lipinski definition) is 2. The second kappa shape index (κ2) is 5.41. The van der Waals surface area contributed by atoms with E-state index in [2.05, 4.69) is 11.9 Å². The zero-order valence-electron chi connectivity index (χ0n) is 9.92. The summed E-state index contributed by atoms with van der Waals surface area (Å²) in [6.07, 6.45) is 1.90. The number of pyridine rings is 1. The van der Waals surface area contributed by atoms with Crippen LogP contribution in [0.15, 0.2) is 6.07 Å². The lowest BCUT2D eigenvalue weighted by Crippen LogP contribution is -2.38. The molecule has 1 aromatic heterocycles. The van der Waals surface area contributed by atoms with Crippen molar-refractivity contribution in [1.82, 2.24) is 9.88 Å². The van der Waals surface area contributed by atoms with Crippen LogP contribution in [0, 0.1) is 11.7 Å². The summed E-state index contributed by atoms with van der Waals surface area (Å²) in [6.45, 7) is 3.49. The molecule has 0 N–H and O–H groups in total. The highest BCUT2D eigenvalue weighted by atomic mass is 35.5. The molecule has 2 rings (SSSR count). The van der Waals surface area contributed by atoms with Gasteiger partial charge in [-0.15, -0.1) is 0 Å². The molecule has 0 spiro atoms. The molecule has 1 aliphatic heterocycles. The molecule has 18 heavy (non-hydrogen) atoms. The molecule has 98 valence electrons. The van der Waals surface area contributed by atoms with Crippen LogP contribution in [0.25, 0.3) is 0 Å². The minimum absolute atomic E-state index is 0.0509. The van der Waals surface area contributed by atoms with E-state index in [4.69, 9.17) is 23.2 Å². The van der Waals surface area contributed by atoms with Crippen LogP contribution in [0.5, 0.6) is 0 Å². The molecule has 1 aliphatic rings. The van der Waals surface area contributed by atoms with Crippen molar-refractivity contribution in [3.63, 3.8) is 0 Å². The monoisotopic (exact) mass is 290 g/mol. The van der Waals surface area contributed by atoms with Gasteiger partial charge in [0.1, 0.15) is 5.15 Å². The normalized spacial score (nSPS) is 17.0. The number of likely N-dealkylation sites (tertiary alicyclic amines) is 1. The number of aromatic nitrogens is 1. The fourth-order valence-electron chi connectivity index (χ4n) is 1.98. The van der Waals surface area contributed by atoms with Gasteiger partial charge in [0, 0.05) is 13.1 Å². The molecular weight excluding hydrogens is 278 g/mol. The Morgan fingerprint density at radius 3 is 2.61 bits per heavy atom. The first kappa shape index (κ1) is 13.6. The largest absolute Gasteiger partial charge is 0.339 e. The smallest absolute Gasteiger partial charge is 0.257 e. The van der Waals surface area contributed by atoms with Gasteiger partial charge in [-0.25, -0.2) is 9.37 Å². The molecule has 0 aliphatic carbocycles. The highest BCUT2D eigenvalue weighted by Gasteiger charge is 2.24. The number of hydrogen-bond donors (Lipinski definition) is 0. The van der Waals surface area contributed by atoms with E-state index in [1.807, 2.05) is 0 Å². The summed E-state index contributed by atoms with van der Waals surface area (Å²) in [7, 11) is 0. The number of carbonyl (C=O) groups excluding carboxylic acids is 1. The summed E-state index contributed by atoms with van der Waals surface area (Å²) in [5.74, 6) is -0.394. The molecule has 0 radical (unpaired) electrons. The molecule has 2 heterocycles. The Bertz CT molecular complexity index is 473. The van der Waals surface area contributed by atoms with E-state index in [0.29, 0.717) is 19.0 Å². The van der Waals surface area contributed by atoms with E-state index in [-0.39, 0.29) is 21.8 Å². The lowest BCUT2D eigenvalue weighted by atomic mass is 9.99. The van der Waals surface area contributed by atoms with Crippen molar-refractivity contribution in [1.29, 1.82) is 0 Å². The summed E-state index contributed by atoms with van der Waals surface area (Å²) in [6, 6.07) is 1.05. The van der Waals surface area contributed by atoms with E-state index < -0.39 is 5.82 Å². The fraction of sp³-hybridized carbons (Fsp3) is 0.500. The van der Waals surface area contributed by atoms with Crippen LogP contribution in [0.4, 0.5) is 4.39 Å². The number of nitrogens with zero attached hydrogens (tertiary/aromatic N) is 2. The first-order chi connectivity index (χ1) is 8.49. The first-order valence-electron chi connectivity index (χ1n) is 5.80. The van der Waals surface area contributed by atoms with Crippen LogP contribution in [0.3, 0.4) is 0 Å². The topological polar surface area (TPSA) is 33.2 Å². The SMILES string of the molecule is CC1CCN(C(=O)c2cc(F)c(Cl)nc2Cl)CC1. The molecule has 6 heteroatoms. The number of halogens is 3. The van der Waals surface area contributed by atoms with Crippen molar-refractivity contribution in [2.75, 3.05) is 13.1 Å². The highest BCUT2D eigenvalue weighted by molar-refractivity contribution is 6.34. The molecule has 0 aromatic carbocycles. The third kappa shape index (κ3) is 2.75. The zero-order valence-corrected chi connectivity index (χ0v) is 11.4. The summed E-state index contributed by atoms with van der Waals surface area (Å²) >= 11 is 11.3. The van der Waals surface area contributed by atoms with Crippen LogP contribution < -0.4 is 0 Å². The van der Waals surface area contributed by atoms with Gasteiger partial charge in [0.05, 0.1) is 5.56 Å². The Morgan fingerprint density at radius 2 is 2.00 bits per heavy atom. The molecule has 0 atom stereocenters. The number of amides is 1. The molecule has 1 aromatic rings. The summed E-state index contributed by atoms with van der Waals surface area (Å²) in [5.41, 5.74) is 0.0770. The van der Waals surface area contributed by atoms with Crippen LogP contribution in [0.2, 0.25) is 10.3 Å². The molecule has 1 amide bonds. The highest BCUT2D eigenvalue weighted by Crippen LogP contribution is 2.24. The summed E-state index contributed by atoms with van der Waals surface area (Å²) in [5, 5.41) is -0.367. The lowest BCUT2D eigenvalue weighted by molar-refractivity contribution is 0.0696. The van der Waals surface area contributed by atoms with Crippen LogP contribution in [-0.2, 0) is 0 Å². The molecular formula is C12H13Cl2FN2O. The first-order valence-corrected chi connectivity index (χ1v) is 6.55.